The minimum absolute atomic E-state index is 0.184. The smallest absolute Gasteiger partial charge is 0.184 e. The van der Waals surface area contributed by atoms with E-state index in [2.05, 4.69) is 33.4 Å². The summed E-state index contributed by atoms with van der Waals surface area (Å²) in [7, 11) is 0. The molecule has 0 atom stereocenters. The predicted octanol–water partition coefficient (Wildman–Crippen LogP) is 2.79. The summed E-state index contributed by atoms with van der Waals surface area (Å²) >= 11 is 8.16. The van der Waals surface area contributed by atoms with Gasteiger partial charge in [0.25, 0.3) is 0 Å². The van der Waals surface area contributed by atoms with Gasteiger partial charge in [-0.1, -0.05) is 41.4 Å². The maximum atomic E-state index is 5.35. The highest BCUT2D eigenvalue weighted by atomic mass is 79.9. The monoisotopic (exact) mass is 299 g/mol. The van der Waals surface area contributed by atoms with Gasteiger partial charge in [-0.05, 0) is 36.3 Å². The number of hydrazone groups is 1. The minimum Gasteiger partial charge on any atom is -0.375 e. The molecule has 0 aliphatic carbocycles. The van der Waals surface area contributed by atoms with Gasteiger partial charge in [0.1, 0.15) is 0 Å². The highest BCUT2D eigenvalue weighted by molar-refractivity contribution is 9.10. The minimum atomic E-state index is 0.184. The van der Waals surface area contributed by atoms with Crippen molar-refractivity contribution in [3.63, 3.8) is 0 Å². The highest BCUT2D eigenvalue weighted by Gasteiger charge is 2.03. The molecule has 1 aromatic carbocycles. The lowest BCUT2D eigenvalue weighted by molar-refractivity contribution is 0.951. The molecular formula is C11H14BrN3S. The SMILES string of the molecule is CCCC(=NNC(N)=S)c1cccc(Br)c1. The van der Waals surface area contributed by atoms with Crippen LogP contribution >= 0.6 is 28.1 Å². The van der Waals surface area contributed by atoms with Crippen LogP contribution in [0.3, 0.4) is 0 Å². The highest BCUT2D eigenvalue weighted by Crippen LogP contribution is 2.14. The fraction of sp³-hybridized carbons (Fsp3) is 0.273. The molecule has 0 saturated carbocycles. The molecule has 0 radical (unpaired) electrons. The molecule has 0 bridgehead atoms. The zero-order valence-electron chi connectivity index (χ0n) is 9.03. The summed E-state index contributed by atoms with van der Waals surface area (Å²) in [6.45, 7) is 2.11. The van der Waals surface area contributed by atoms with Crippen LogP contribution in [-0.4, -0.2) is 10.8 Å². The fourth-order valence-electron chi connectivity index (χ4n) is 1.29. The molecule has 0 aliphatic heterocycles. The van der Waals surface area contributed by atoms with E-state index in [0.717, 1.165) is 28.6 Å². The summed E-state index contributed by atoms with van der Waals surface area (Å²) in [6, 6.07) is 8.00. The van der Waals surface area contributed by atoms with Gasteiger partial charge in [-0.2, -0.15) is 5.10 Å². The number of hydrogen-bond acceptors (Lipinski definition) is 2. The van der Waals surface area contributed by atoms with E-state index in [1.54, 1.807) is 0 Å². The summed E-state index contributed by atoms with van der Waals surface area (Å²) in [6.07, 6.45) is 1.90. The zero-order valence-corrected chi connectivity index (χ0v) is 11.4. The quantitative estimate of drug-likeness (QED) is 0.511. The Morgan fingerprint density at radius 2 is 2.31 bits per heavy atom. The van der Waals surface area contributed by atoms with Gasteiger partial charge in [-0.3, -0.25) is 5.43 Å². The number of thiocarbonyl (C=S) groups is 1. The van der Waals surface area contributed by atoms with Gasteiger partial charge in [-0.15, -0.1) is 0 Å². The number of nitrogens with two attached hydrogens (primary N) is 1. The Labute approximate surface area is 109 Å². The van der Waals surface area contributed by atoms with Crippen LogP contribution in [0.1, 0.15) is 25.3 Å². The van der Waals surface area contributed by atoms with Crippen molar-refractivity contribution in [2.24, 2.45) is 10.8 Å². The summed E-state index contributed by atoms with van der Waals surface area (Å²) < 4.78 is 1.03. The van der Waals surface area contributed by atoms with Crippen molar-refractivity contribution in [2.45, 2.75) is 19.8 Å². The lowest BCUT2D eigenvalue weighted by atomic mass is 10.1. The molecule has 0 amide bonds. The molecule has 0 aromatic heterocycles. The van der Waals surface area contributed by atoms with Crippen LogP contribution in [0, 0.1) is 0 Å². The second-order valence-corrected chi connectivity index (χ2v) is 4.65. The fourth-order valence-corrected chi connectivity index (χ4v) is 1.74. The van der Waals surface area contributed by atoms with Crippen LogP contribution in [0.15, 0.2) is 33.8 Å². The van der Waals surface area contributed by atoms with Crippen molar-refractivity contribution < 1.29 is 0 Å². The molecular weight excluding hydrogens is 286 g/mol. The molecule has 0 fully saturated rings. The van der Waals surface area contributed by atoms with E-state index in [4.69, 9.17) is 18.0 Å². The van der Waals surface area contributed by atoms with E-state index in [1.165, 1.54) is 0 Å². The van der Waals surface area contributed by atoms with Crippen molar-refractivity contribution in [3.8, 4) is 0 Å². The standard InChI is InChI=1S/C11H14BrN3S/c1-2-4-10(14-15-11(13)16)8-5-3-6-9(12)7-8/h3,5-7H,2,4H2,1H3,(H3,13,15,16). The van der Waals surface area contributed by atoms with Crippen molar-refractivity contribution in [1.82, 2.24) is 5.43 Å². The summed E-state index contributed by atoms with van der Waals surface area (Å²) in [5.74, 6) is 0. The van der Waals surface area contributed by atoms with Gasteiger partial charge in [0.05, 0.1) is 5.71 Å². The maximum Gasteiger partial charge on any atom is 0.184 e. The van der Waals surface area contributed by atoms with Crippen molar-refractivity contribution in [1.29, 1.82) is 0 Å². The average molecular weight is 300 g/mol. The predicted molar refractivity (Wildman–Crippen MR) is 75.5 cm³/mol. The average Bonchev–Trinajstić information content (AvgIpc) is 2.24. The molecule has 1 aromatic rings. The van der Waals surface area contributed by atoms with Gasteiger partial charge in [0, 0.05) is 4.47 Å². The number of hydrogen-bond donors (Lipinski definition) is 2. The van der Waals surface area contributed by atoms with Crippen molar-refractivity contribution >= 4 is 39.0 Å². The first-order valence-electron chi connectivity index (χ1n) is 5.01. The van der Waals surface area contributed by atoms with Crippen LogP contribution < -0.4 is 11.2 Å². The van der Waals surface area contributed by atoms with Gasteiger partial charge in [-0.25, -0.2) is 0 Å². The maximum absolute atomic E-state index is 5.35. The summed E-state index contributed by atoms with van der Waals surface area (Å²) in [5.41, 5.74) is 10.0. The number of benzene rings is 1. The van der Waals surface area contributed by atoms with E-state index in [0.29, 0.717) is 0 Å². The van der Waals surface area contributed by atoms with Crippen molar-refractivity contribution in [2.75, 3.05) is 0 Å². The first-order valence-corrected chi connectivity index (χ1v) is 6.21. The first kappa shape index (κ1) is 13.1. The van der Waals surface area contributed by atoms with Crippen LogP contribution in [0.25, 0.3) is 0 Å². The number of rotatable bonds is 4. The molecule has 0 heterocycles. The Morgan fingerprint density at radius 1 is 1.56 bits per heavy atom. The van der Waals surface area contributed by atoms with E-state index in [9.17, 15) is 0 Å². The summed E-state index contributed by atoms with van der Waals surface area (Å²) in [4.78, 5) is 0. The lowest BCUT2D eigenvalue weighted by Crippen LogP contribution is -2.25. The third-order valence-corrected chi connectivity index (χ3v) is 2.53. The molecule has 3 nitrogen and oxygen atoms in total. The Morgan fingerprint density at radius 3 is 2.88 bits per heavy atom. The topological polar surface area (TPSA) is 50.4 Å². The lowest BCUT2D eigenvalue weighted by Gasteiger charge is -2.06. The second kappa shape index (κ2) is 6.60. The van der Waals surface area contributed by atoms with E-state index >= 15 is 0 Å². The Balaban J connectivity index is 2.92. The molecule has 0 unspecified atom stereocenters. The molecule has 16 heavy (non-hydrogen) atoms. The molecule has 0 saturated heterocycles. The molecule has 86 valence electrons. The Hall–Kier alpha value is -0.940. The Bertz CT molecular complexity index is 404. The van der Waals surface area contributed by atoms with E-state index in [1.807, 2.05) is 24.3 Å². The largest absolute Gasteiger partial charge is 0.375 e. The number of nitrogens with zero attached hydrogens (tertiary/aromatic N) is 1. The van der Waals surface area contributed by atoms with Crippen molar-refractivity contribution in [3.05, 3.63) is 34.3 Å². The van der Waals surface area contributed by atoms with E-state index < -0.39 is 0 Å². The van der Waals surface area contributed by atoms with Gasteiger partial charge in [0.15, 0.2) is 5.11 Å². The van der Waals surface area contributed by atoms with Crippen LogP contribution in [0.5, 0.6) is 0 Å². The number of halogens is 1. The van der Waals surface area contributed by atoms with Gasteiger partial charge < -0.3 is 5.73 Å². The second-order valence-electron chi connectivity index (χ2n) is 3.29. The van der Waals surface area contributed by atoms with Gasteiger partial charge >= 0.3 is 0 Å². The molecule has 0 spiro atoms. The van der Waals surface area contributed by atoms with Gasteiger partial charge in [0.2, 0.25) is 0 Å². The van der Waals surface area contributed by atoms with Crippen LogP contribution in [0.4, 0.5) is 0 Å². The zero-order chi connectivity index (χ0) is 12.0. The van der Waals surface area contributed by atoms with Crippen LogP contribution in [-0.2, 0) is 0 Å². The molecule has 0 aliphatic rings. The molecule has 1 rings (SSSR count). The first-order chi connectivity index (χ1) is 7.63. The molecule has 3 N–H and O–H groups in total. The third kappa shape index (κ3) is 4.28. The Kier molecular flexibility index (Phi) is 5.42. The van der Waals surface area contributed by atoms with E-state index in [-0.39, 0.29) is 5.11 Å². The third-order valence-electron chi connectivity index (χ3n) is 1.95. The summed E-state index contributed by atoms with van der Waals surface area (Å²) in [5, 5.41) is 4.39. The number of nitrogens with one attached hydrogen (secondary N) is 1. The van der Waals surface area contributed by atoms with Crippen LogP contribution in [0.2, 0.25) is 0 Å². The molecule has 5 heteroatoms. The normalized spacial score (nSPS) is 11.2.